The minimum Gasteiger partial charge on any atom is -0.497 e. The molecule has 0 aromatic heterocycles. The van der Waals surface area contributed by atoms with Gasteiger partial charge in [0.2, 0.25) is 0 Å². The van der Waals surface area contributed by atoms with Crippen molar-refractivity contribution in [2.24, 2.45) is 0 Å². The number of carbonyl (C=O) groups excluding carboxylic acids is 1. The summed E-state index contributed by atoms with van der Waals surface area (Å²) in [5.41, 5.74) is 1.74. The van der Waals surface area contributed by atoms with E-state index >= 15 is 0 Å². The van der Waals surface area contributed by atoms with Gasteiger partial charge in [0.05, 0.1) is 17.7 Å². The molecule has 0 aliphatic carbocycles. The first-order valence-electron chi connectivity index (χ1n) is 6.76. The molecule has 1 heterocycles. The number of amides is 1. The summed E-state index contributed by atoms with van der Waals surface area (Å²) >= 11 is 8.94. The summed E-state index contributed by atoms with van der Waals surface area (Å²) < 4.78 is 6.84. The van der Waals surface area contributed by atoms with Crippen LogP contribution in [0, 0.1) is 3.57 Å². The minimum absolute atomic E-state index is 0.0938. The molecule has 1 saturated heterocycles. The number of thioether (sulfide) groups is 1. The number of methoxy groups -OCH3 is 1. The largest absolute Gasteiger partial charge is 0.497 e. The Morgan fingerprint density at radius 1 is 1.13 bits per heavy atom. The van der Waals surface area contributed by atoms with Crippen LogP contribution < -0.4 is 9.64 Å². The molecule has 0 radical (unpaired) electrons. The number of halogens is 1. The molecule has 0 unspecified atom stereocenters. The fourth-order valence-corrected chi connectivity index (χ4v) is 3.79. The van der Waals surface area contributed by atoms with E-state index in [-0.39, 0.29) is 5.91 Å². The number of benzene rings is 2. The standard InChI is InChI=1S/C17H12INO2S2/c1-21-14-8-6-13(7-9-14)19-16(20)15(23-17(19)22)10-11-2-4-12(18)5-3-11/h2-10H,1H3/b15-10+. The summed E-state index contributed by atoms with van der Waals surface area (Å²) in [4.78, 5) is 14.8. The molecule has 0 saturated carbocycles. The molecule has 2 aromatic carbocycles. The third kappa shape index (κ3) is 3.59. The second-order valence-corrected chi connectivity index (χ2v) is 7.69. The van der Waals surface area contributed by atoms with Crippen molar-refractivity contribution < 1.29 is 9.53 Å². The average Bonchev–Trinajstić information content (AvgIpc) is 2.84. The van der Waals surface area contributed by atoms with Crippen LogP contribution in [0.1, 0.15) is 5.56 Å². The Kier molecular flexibility index (Phi) is 5.03. The van der Waals surface area contributed by atoms with Gasteiger partial charge in [-0.1, -0.05) is 36.1 Å². The van der Waals surface area contributed by atoms with Crippen LogP contribution in [0.15, 0.2) is 53.4 Å². The molecule has 3 nitrogen and oxygen atoms in total. The summed E-state index contributed by atoms with van der Waals surface area (Å²) in [5, 5.41) is 0. The van der Waals surface area contributed by atoms with E-state index in [2.05, 4.69) is 22.6 Å². The van der Waals surface area contributed by atoms with Crippen molar-refractivity contribution in [1.29, 1.82) is 0 Å². The molecule has 0 atom stereocenters. The summed E-state index contributed by atoms with van der Waals surface area (Å²) in [6.07, 6.45) is 1.87. The molecule has 6 heteroatoms. The Labute approximate surface area is 157 Å². The Morgan fingerprint density at radius 2 is 1.78 bits per heavy atom. The van der Waals surface area contributed by atoms with E-state index in [1.807, 2.05) is 54.6 Å². The van der Waals surface area contributed by atoms with Crippen LogP contribution in [0.25, 0.3) is 6.08 Å². The van der Waals surface area contributed by atoms with Crippen molar-refractivity contribution >= 4 is 68.6 Å². The third-order valence-corrected chi connectivity index (χ3v) is 5.31. The fraction of sp³-hybridized carbons (Fsp3) is 0.0588. The molecular formula is C17H12INO2S2. The summed E-state index contributed by atoms with van der Waals surface area (Å²) in [6, 6.07) is 15.3. The summed E-state index contributed by atoms with van der Waals surface area (Å²) in [7, 11) is 1.61. The van der Waals surface area contributed by atoms with Gasteiger partial charge in [0.25, 0.3) is 5.91 Å². The lowest BCUT2D eigenvalue weighted by Gasteiger charge is -2.14. The first-order valence-corrected chi connectivity index (χ1v) is 9.06. The minimum atomic E-state index is -0.0938. The lowest BCUT2D eigenvalue weighted by atomic mass is 10.2. The van der Waals surface area contributed by atoms with E-state index in [9.17, 15) is 4.79 Å². The average molecular weight is 453 g/mol. The number of carbonyl (C=O) groups is 1. The maximum atomic E-state index is 12.7. The van der Waals surface area contributed by atoms with Crippen molar-refractivity contribution in [3.05, 3.63) is 62.6 Å². The van der Waals surface area contributed by atoms with Gasteiger partial charge in [-0.25, -0.2) is 0 Å². The van der Waals surface area contributed by atoms with Gasteiger partial charge in [-0.15, -0.1) is 0 Å². The zero-order chi connectivity index (χ0) is 16.4. The normalized spacial score (nSPS) is 16.3. The fourth-order valence-electron chi connectivity index (χ4n) is 2.13. The first-order chi connectivity index (χ1) is 11.1. The highest BCUT2D eigenvalue weighted by atomic mass is 127. The van der Waals surface area contributed by atoms with Crippen LogP contribution in [-0.4, -0.2) is 17.3 Å². The van der Waals surface area contributed by atoms with Crippen molar-refractivity contribution in [3.63, 3.8) is 0 Å². The van der Waals surface area contributed by atoms with Crippen LogP contribution in [0.5, 0.6) is 5.75 Å². The maximum Gasteiger partial charge on any atom is 0.270 e. The van der Waals surface area contributed by atoms with Gasteiger partial charge in [-0.3, -0.25) is 9.69 Å². The quantitative estimate of drug-likeness (QED) is 0.383. The number of thiocarbonyl (C=S) groups is 1. The van der Waals surface area contributed by atoms with Crippen molar-refractivity contribution in [2.45, 2.75) is 0 Å². The van der Waals surface area contributed by atoms with Gasteiger partial charge in [0.1, 0.15) is 5.75 Å². The second-order valence-electron chi connectivity index (χ2n) is 4.77. The van der Waals surface area contributed by atoms with E-state index < -0.39 is 0 Å². The number of anilines is 1. The molecule has 0 spiro atoms. The van der Waals surface area contributed by atoms with Gasteiger partial charge in [0, 0.05) is 3.57 Å². The molecule has 2 aromatic rings. The van der Waals surface area contributed by atoms with Crippen molar-refractivity contribution in [2.75, 3.05) is 12.0 Å². The molecule has 1 aliphatic heterocycles. The number of ether oxygens (including phenoxy) is 1. The predicted octanol–water partition coefficient (Wildman–Crippen LogP) is 4.71. The highest BCUT2D eigenvalue weighted by Crippen LogP contribution is 2.36. The van der Waals surface area contributed by atoms with Crippen molar-refractivity contribution in [3.8, 4) is 5.75 Å². The summed E-state index contributed by atoms with van der Waals surface area (Å²) in [6.45, 7) is 0. The van der Waals surface area contributed by atoms with Gasteiger partial charge < -0.3 is 4.74 Å². The van der Waals surface area contributed by atoms with Gasteiger partial charge in [-0.2, -0.15) is 0 Å². The molecule has 1 aliphatic rings. The third-order valence-electron chi connectivity index (χ3n) is 3.29. The predicted molar refractivity (Wildman–Crippen MR) is 108 cm³/mol. The molecule has 23 heavy (non-hydrogen) atoms. The number of hydrogen-bond acceptors (Lipinski definition) is 4. The number of rotatable bonds is 3. The van der Waals surface area contributed by atoms with Crippen LogP contribution >= 0.6 is 46.6 Å². The van der Waals surface area contributed by atoms with Crippen molar-refractivity contribution in [1.82, 2.24) is 0 Å². The van der Waals surface area contributed by atoms with Crippen LogP contribution in [0.3, 0.4) is 0 Å². The second kappa shape index (κ2) is 7.02. The SMILES string of the molecule is COc1ccc(N2C(=O)/C(=C\c3ccc(I)cc3)SC2=S)cc1. The zero-order valence-electron chi connectivity index (χ0n) is 12.2. The molecular weight excluding hydrogens is 441 g/mol. The van der Waals surface area contributed by atoms with Crippen LogP contribution in [0.4, 0.5) is 5.69 Å². The molecule has 0 N–H and O–H groups in total. The molecule has 0 bridgehead atoms. The van der Waals surface area contributed by atoms with Gasteiger partial charge >= 0.3 is 0 Å². The Hall–Kier alpha value is -1.38. The van der Waals surface area contributed by atoms with E-state index in [0.717, 1.165) is 20.6 Å². The Bertz CT molecular complexity index is 785. The lowest BCUT2D eigenvalue weighted by molar-refractivity contribution is -0.113. The monoisotopic (exact) mass is 453 g/mol. The lowest BCUT2D eigenvalue weighted by Crippen LogP contribution is -2.27. The van der Waals surface area contributed by atoms with Gasteiger partial charge in [-0.05, 0) is 70.6 Å². The van der Waals surface area contributed by atoms with Crippen LogP contribution in [0.2, 0.25) is 0 Å². The van der Waals surface area contributed by atoms with E-state index in [4.69, 9.17) is 17.0 Å². The smallest absolute Gasteiger partial charge is 0.270 e. The van der Waals surface area contributed by atoms with E-state index in [1.54, 1.807) is 12.0 Å². The van der Waals surface area contributed by atoms with E-state index in [0.29, 0.717) is 9.23 Å². The number of hydrogen-bond donors (Lipinski definition) is 0. The topological polar surface area (TPSA) is 29.5 Å². The Balaban J connectivity index is 1.88. The molecule has 3 rings (SSSR count). The highest BCUT2D eigenvalue weighted by Gasteiger charge is 2.33. The number of nitrogens with zero attached hydrogens (tertiary/aromatic N) is 1. The molecule has 116 valence electrons. The summed E-state index contributed by atoms with van der Waals surface area (Å²) in [5.74, 6) is 0.650. The Morgan fingerprint density at radius 3 is 2.39 bits per heavy atom. The first kappa shape index (κ1) is 16.5. The zero-order valence-corrected chi connectivity index (χ0v) is 15.9. The molecule has 1 fully saturated rings. The van der Waals surface area contributed by atoms with Gasteiger partial charge in [0.15, 0.2) is 4.32 Å². The van der Waals surface area contributed by atoms with E-state index in [1.165, 1.54) is 11.8 Å². The highest BCUT2D eigenvalue weighted by molar-refractivity contribution is 14.1. The maximum absolute atomic E-state index is 12.7. The molecule has 1 amide bonds. The van der Waals surface area contributed by atoms with Crippen LogP contribution in [-0.2, 0) is 4.79 Å².